The molecule has 2 heterocycles. The van der Waals surface area contributed by atoms with E-state index in [2.05, 4.69) is 10.6 Å². The molecule has 2 unspecified atom stereocenters. The zero-order valence-electron chi connectivity index (χ0n) is 12.0. The van der Waals surface area contributed by atoms with Crippen LogP contribution in [0.15, 0.2) is 30.3 Å². The normalized spacial score (nSPS) is 25.0. The topological polar surface area (TPSA) is 61.4 Å². The Morgan fingerprint density at radius 3 is 2.71 bits per heavy atom. The van der Waals surface area contributed by atoms with Gasteiger partial charge in [-0.15, -0.1) is 0 Å². The molecule has 2 amide bonds. The number of nitrogens with zero attached hydrogens (tertiary/aromatic N) is 1. The van der Waals surface area contributed by atoms with E-state index in [-0.39, 0.29) is 23.9 Å². The second kappa shape index (κ2) is 6.26. The molecule has 2 aliphatic rings. The lowest BCUT2D eigenvalue weighted by Crippen LogP contribution is -2.49. The number of nitrogens with one attached hydrogen (secondary N) is 2. The Balaban J connectivity index is 1.67. The third kappa shape index (κ3) is 3.08. The lowest BCUT2D eigenvalue weighted by Gasteiger charge is -2.25. The van der Waals surface area contributed by atoms with Crippen LogP contribution >= 0.6 is 0 Å². The van der Waals surface area contributed by atoms with Gasteiger partial charge in [0, 0.05) is 24.7 Å². The number of benzene rings is 1. The van der Waals surface area contributed by atoms with Gasteiger partial charge in [0.25, 0.3) is 5.91 Å². The minimum Gasteiger partial charge on any atom is -0.350 e. The second-order valence-electron chi connectivity index (χ2n) is 5.72. The van der Waals surface area contributed by atoms with E-state index < -0.39 is 0 Å². The van der Waals surface area contributed by atoms with Crippen LogP contribution in [-0.4, -0.2) is 48.4 Å². The quantitative estimate of drug-likeness (QED) is 0.863. The SMILES string of the molecule is O=C(NC1CCNC1)C1CCCN1C(=O)c1ccccc1. The molecule has 112 valence electrons. The van der Waals surface area contributed by atoms with Crippen LogP contribution in [-0.2, 0) is 4.79 Å². The molecule has 5 heteroatoms. The molecule has 0 bridgehead atoms. The third-order valence-corrected chi connectivity index (χ3v) is 4.24. The molecule has 2 fully saturated rings. The Bertz CT molecular complexity index is 512. The molecule has 2 atom stereocenters. The summed E-state index contributed by atoms with van der Waals surface area (Å²) in [5, 5.41) is 6.29. The van der Waals surface area contributed by atoms with Gasteiger partial charge in [0.1, 0.15) is 6.04 Å². The van der Waals surface area contributed by atoms with E-state index in [0.717, 1.165) is 32.4 Å². The van der Waals surface area contributed by atoms with Crippen molar-refractivity contribution in [1.82, 2.24) is 15.5 Å². The smallest absolute Gasteiger partial charge is 0.254 e. The Hall–Kier alpha value is -1.88. The van der Waals surface area contributed by atoms with Crippen LogP contribution in [0.1, 0.15) is 29.6 Å². The summed E-state index contributed by atoms with van der Waals surface area (Å²) in [5.74, 6) is -0.0525. The van der Waals surface area contributed by atoms with Crippen molar-refractivity contribution in [2.24, 2.45) is 0 Å². The monoisotopic (exact) mass is 287 g/mol. The van der Waals surface area contributed by atoms with Gasteiger partial charge in [0.05, 0.1) is 0 Å². The molecule has 1 aromatic rings. The summed E-state index contributed by atoms with van der Waals surface area (Å²) in [4.78, 5) is 26.7. The highest BCUT2D eigenvalue weighted by molar-refractivity contribution is 5.98. The van der Waals surface area contributed by atoms with Crippen molar-refractivity contribution >= 4 is 11.8 Å². The van der Waals surface area contributed by atoms with Crippen molar-refractivity contribution in [3.8, 4) is 0 Å². The molecular formula is C16H21N3O2. The van der Waals surface area contributed by atoms with E-state index in [4.69, 9.17) is 0 Å². The van der Waals surface area contributed by atoms with Crippen molar-refractivity contribution in [1.29, 1.82) is 0 Å². The summed E-state index contributed by atoms with van der Waals surface area (Å²) < 4.78 is 0. The predicted octanol–water partition coefficient (Wildman–Crippen LogP) is 0.769. The summed E-state index contributed by atoms with van der Waals surface area (Å²) >= 11 is 0. The molecule has 0 aromatic heterocycles. The third-order valence-electron chi connectivity index (χ3n) is 4.24. The van der Waals surface area contributed by atoms with Gasteiger partial charge in [-0.3, -0.25) is 9.59 Å². The maximum absolute atomic E-state index is 12.5. The van der Waals surface area contributed by atoms with Crippen LogP contribution in [0.4, 0.5) is 0 Å². The van der Waals surface area contributed by atoms with Crippen molar-refractivity contribution < 1.29 is 9.59 Å². The number of rotatable bonds is 3. The molecule has 0 saturated carbocycles. The standard InChI is InChI=1S/C16H21N3O2/c20-15(18-13-8-9-17-11-13)14-7-4-10-19(14)16(21)12-5-2-1-3-6-12/h1-3,5-6,13-14,17H,4,7-11H2,(H,18,20). The van der Waals surface area contributed by atoms with Crippen LogP contribution in [0, 0.1) is 0 Å². The highest BCUT2D eigenvalue weighted by Crippen LogP contribution is 2.20. The fourth-order valence-electron chi connectivity index (χ4n) is 3.10. The highest BCUT2D eigenvalue weighted by Gasteiger charge is 2.35. The number of hydrogen-bond donors (Lipinski definition) is 2. The first-order valence-electron chi connectivity index (χ1n) is 7.63. The summed E-state index contributed by atoms with van der Waals surface area (Å²) in [6.07, 6.45) is 2.61. The zero-order chi connectivity index (χ0) is 14.7. The molecule has 1 aromatic carbocycles. The average Bonchev–Trinajstić information content (AvgIpc) is 3.18. The molecule has 2 aliphatic heterocycles. The molecule has 5 nitrogen and oxygen atoms in total. The molecule has 3 rings (SSSR count). The van der Waals surface area contributed by atoms with Crippen LogP contribution in [0.2, 0.25) is 0 Å². The van der Waals surface area contributed by atoms with Crippen LogP contribution in [0.25, 0.3) is 0 Å². The molecule has 0 aliphatic carbocycles. The Labute approximate surface area is 124 Å². The minimum atomic E-state index is -0.321. The Kier molecular flexibility index (Phi) is 4.20. The molecule has 2 N–H and O–H groups in total. The molecule has 0 spiro atoms. The first-order valence-corrected chi connectivity index (χ1v) is 7.63. The van der Waals surface area contributed by atoms with Gasteiger partial charge in [0.15, 0.2) is 0 Å². The second-order valence-corrected chi connectivity index (χ2v) is 5.72. The fourth-order valence-corrected chi connectivity index (χ4v) is 3.10. The number of amides is 2. The Morgan fingerprint density at radius 2 is 2.00 bits per heavy atom. The molecule has 2 saturated heterocycles. The maximum Gasteiger partial charge on any atom is 0.254 e. The number of hydrogen-bond acceptors (Lipinski definition) is 3. The number of carbonyl (C=O) groups excluding carboxylic acids is 2. The number of likely N-dealkylation sites (tertiary alicyclic amines) is 1. The van der Waals surface area contributed by atoms with Gasteiger partial charge < -0.3 is 15.5 Å². The van der Waals surface area contributed by atoms with Gasteiger partial charge in [-0.25, -0.2) is 0 Å². The van der Waals surface area contributed by atoms with E-state index in [9.17, 15) is 9.59 Å². The lowest BCUT2D eigenvalue weighted by atomic mass is 10.1. The zero-order valence-corrected chi connectivity index (χ0v) is 12.0. The Morgan fingerprint density at radius 1 is 1.19 bits per heavy atom. The fraction of sp³-hybridized carbons (Fsp3) is 0.500. The van der Waals surface area contributed by atoms with Crippen molar-refractivity contribution in [3.05, 3.63) is 35.9 Å². The first kappa shape index (κ1) is 14.1. The van der Waals surface area contributed by atoms with Gasteiger partial charge in [-0.05, 0) is 37.9 Å². The van der Waals surface area contributed by atoms with E-state index in [1.165, 1.54) is 0 Å². The summed E-state index contributed by atoms with van der Waals surface area (Å²) in [6.45, 7) is 2.43. The largest absolute Gasteiger partial charge is 0.350 e. The predicted molar refractivity (Wildman–Crippen MR) is 79.9 cm³/mol. The summed E-state index contributed by atoms with van der Waals surface area (Å²) in [7, 11) is 0. The average molecular weight is 287 g/mol. The maximum atomic E-state index is 12.5. The van der Waals surface area contributed by atoms with Gasteiger partial charge in [-0.2, -0.15) is 0 Å². The van der Waals surface area contributed by atoms with E-state index >= 15 is 0 Å². The van der Waals surface area contributed by atoms with Crippen molar-refractivity contribution in [2.45, 2.75) is 31.3 Å². The molecule has 21 heavy (non-hydrogen) atoms. The van der Waals surface area contributed by atoms with Gasteiger partial charge in [0.2, 0.25) is 5.91 Å². The minimum absolute atomic E-state index is 0.00881. The molecular weight excluding hydrogens is 266 g/mol. The van der Waals surface area contributed by atoms with Gasteiger partial charge in [-0.1, -0.05) is 18.2 Å². The van der Waals surface area contributed by atoms with E-state index in [0.29, 0.717) is 12.1 Å². The van der Waals surface area contributed by atoms with Crippen LogP contribution < -0.4 is 10.6 Å². The van der Waals surface area contributed by atoms with E-state index in [1.54, 1.807) is 17.0 Å². The lowest BCUT2D eigenvalue weighted by molar-refractivity contribution is -0.125. The number of carbonyl (C=O) groups is 2. The van der Waals surface area contributed by atoms with Crippen LogP contribution in [0.5, 0.6) is 0 Å². The highest BCUT2D eigenvalue weighted by atomic mass is 16.2. The van der Waals surface area contributed by atoms with Crippen molar-refractivity contribution in [2.75, 3.05) is 19.6 Å². The van der Waals surface area contributed by atoms with Gasteiger partial charge >= 0.3 is 0 Å². The summed E-state index contributed by atoms with van der Waals surface area (Å²) in [5.41, 5.74) is 0.653. The van der Waals surface area contributed by atoms with Crippen LogP contribution in [0.3, 0.4) is 0 Å². The van der Waals surface area contributed by atoms with Crippen molar-refractivity contribution in [3.63, 3.8) is 0 Å². The molecule has 0 radical (unpaired) electrons. The first-order chi connectivity index (χ1) is 10.3. The summed E-state index contributed by atoms with van der Waals surface area (Å²) in [6, 6.07) is 9.07. The van der Waals surface area contributed by atoms with E-state index in [1.807, 2.05) is 18.2 Å².